The summed E-state index contributed by atoms with van der Waals surface area (Å²) in [5.41, 5.74) is 1.93. The molecule has 1 aromatic carbocycles. The summed E-state index contributed by atoms with van der Waals surface area (Å²) < 4.78 is 10.4. The van der Waals surface area contributed by atoms with Crippen LogP contribution in [0.3, 0.4) is 0 Å². The van der Waals surface area contributed by atoms with E-state index in [1.165, 1.54) is 0 Å². The Balaban J connectivity index is 2.99. The number of carbonyl (C=O) groups excluding carboxylic acids is 1. The van der Waals surface area contributed by atoms with Crippen molar-refractivity contribution in [3.63, 3.8) is 0 Å². The SMILES string of the molecule is CCOC(=O)C(NCC(C)C)c1ccccc1COC. The molecular formula is C16H25NO3. The van der Waals surface area contributed by atoms with Gasteiger partial charge in [0.15, 0.2) is 0 Å². The van der Waals surface area contributed by atoms with Crippen LogP contribution in [0.25, 0.3) is 0 Å². The summed E-state index contributed by atoms with van der Waals surface area (Å²) in [5, 5.41) is 3.29. The molecule has 0 saturated carbocycles. The lowest BCUT2D eigenvalue weighted by molar-refractivity contribution is -0.145. The maximum absolute atomic E-state index is 12.2. The number of ether oxygens (including phenoxy) is 2. The number of benzene rings is 1. The van der Waals surface area contributed by atoms with Gasteiger partial charge in [-0.3, -0.25) is 0 Å². The molecule has 0 aliphatic rings. The smallest absolute Gasteiger partial charge is 0.327 e. The minimum atomic E-state index is -0.441. The Labute approximate surface area is 121 Å². The summed E-state index contributed by atoms with van der Waals surface area (Å²) in [6.45, 7) is 7.65. The van der Waals surface area contributed by atoms with Gasteiger partial charge in [-0.2, -0.15) is 0 Å². The fourth-order valence-corrected chi connectivity index (χ4v) is 2.00. The molecule has 112 valence electrons. The quantitative estimate of drug-likeness (QED) is 0.743. The second-order valence-electron chi connectivity index (χ2n) is 5.12. The van der Waals surface area contributed by atoms with E-state index in [1.54, 1.807) is 7.11 Å². The molecule has 0 bridgehead atoms. The lowest BCUT2D eigenvalue weighted by Gasteiger charge is -2.21. The molecule has 0 heterocycles. The van der Waals surface area contributed by atoms with Crippen molar-refractivity contribution >= 4 is 5.97 Å². The van der Waals surface area contributed by atoms with Gasteiger partial charge in [-0.15, -0.1) is 0 Å². The van der Waals surface area contributed by atoms with Gasteiger partial charge in [-0.05, 0) is 30.5 Å². The third-order valence-electron chi connectivity index (χ3n) is 2.92. The summed E-state index contributed by atoms with van der Waals surface area (Å²) in [4.78, 5) is 12.2. The highest BCUT2D eigenvalue weighted by atomic mass is 16.5. The van der Waals surface area contributed by atoms with Crippen LogP contribution in [0.4, 0.5) is 0 Å². The molecule has 1 rings (SSSR count). The number of rotatable bonds is 8. The van der Waals surface area contributed by atoms with Crippen LogP contribution in [0.1, 0.15) is 37.9 Å². The van der Waals surface area contributed by atoms with Crippen LogP contribution >= 0.6 is 0 Å². The molecule has 1 atom stereocenters. The molecule has 0 radical (unpaired) electrons. The second-order valence-corrected chi connectivity index (χ2v) is 5.12. The van der Waals surface area contributed by atoms with E-state index in [-0.39, 0.29) is 5.97 Å². The first-order valence-electron chi connectivity index (χ1n) is 7.06. The molecule has 1 N–H and O–H groups in total. The Hall–Kier alpha value is -1.39. The highest BCUT2D eigenvalue weighted by molar-refractivity contribution is 5.78. The summed E-state index contributed by atoms with van der Waals surface area (Å²) in [7, 11) is 1.65. The van der Waals surface area contributed by atoms with Crippen molar-refractivity contribution in [1.29, 1.82) is 0 Å². The van der Waals surface area contributed by atoms with E-state index < -0.39 is 6.04 Å². The highest BCUT2D eigenvalue weighted by Gasteiger charge is 2.23. The van der Waals surface area contributed by atoms with Crippen LogP contribution in [-0.2, 0) is 20.9 Å². The molecule has 4 heteroatoms. The van der Waals surface area contributed by atoms with Crippen molar-refractivity contribution < 1.29 is 14.3 Å². The molecule has 0 spiro atoms. The van der Waals surface area contributed by atoms with Crippen LogP contribution in [0.15, 0.2) is 24.3 Å². The first-order valence-corrected chi connectivity index (χ1v) is 7.06. The normalized spacial score (nSPS) is 12.4. The van der Waals surface area contributed by atoms with Gasteiger partial charge < -0.3 is 14.8 Å². The first kappa shape index (κ1) is 16.7. The van der Waals surface area contributed by atoms with Crippen molar-refractivity contribution in [2.24, 2.45) is 5.92 Å². The van der Waals surface area contributed by atoms with Crippen LogP contribution in [0, 0.1) is 5.92 Å². The first-order chi connectivity index (χ1) is 9.60. The third-order valence-corrected chi connectivity index (χ3v) is 2.92. The van der Waals surface area contributed by atoms with Gasteiger partial charge in [-0.25, -0.2) is 4.79 Å². The standard InChI is InChI=1S/C16H25NO3/c1-5-20-16(18)15(17-10-12(2)3)14-9-7-6-8-13(14)11-19-4/h6-9,12,15,17H,5,10-11H2,1-4H3. The van der Waals surface area contributed by atoms with Gasteiger partial charge in [0.05, 0.1) is 13.2 Å². The lowest BCUT2D eigenvalue weighted by Crippen LogP contribution is -2.33. The maximum atomic E-state index is 12.2. The topological polar surface area (TPSA) is 47.6 Å². The molecule has 0 aromatic heterocycles. The molecule has 0 aliphatic carbocycles. The van der Waals surface area contributed by atoms with Crippen LogP contribution < -0.4 is 5.32 Å². The second kappa shape index (κ2) is 8.72. The Morgan fingerprint density at radius 1 is 1.30 bits per heavy atom. The van der Waals surface area contributed by atoms with Gasteiger partial charge in [0.1, 0.15) is 6.04 Å². The van der Waals surface area contributed by atoms with E-state index in [1.807, 2.05) is 31.2 Å². The van der Waals surface area contributed by atoms with Gasteiger partial charge in [0.2, 0.25) is 0 Å². The maximum Gasteiger partial charge on any atom is 0.327 e. The number of methoxy groups -OCH3 is 1. The lowest BCUT2D eigenvalue weighted by atomic mass is 10.00. The van der Waals surface area contributed by atoms with Gasteiger partial charge in [0.25, 0.3) is 0 Å². The molecule has 4 nitrogen and oxygen atoms in total. The molecule has 20 heavy (non-hydrogen) atoms. The summed E-state index contributed by atoms with van der Waals surface area (Å²) in [6.07, 6.45) is 0. The van der Waals surface area contributed by atoms with Crippen molar-refractivity contribution in [2.45, 2.75) is 33.4 Å². The van der Waals surface area contributed by atoms with Gasteiger partial charge >= 0.3 is 5.97 Å². The number of hydrogen-bond donors (Lipinski definition) is 1. The zero-order chi connectivity index (χ0) is 15.0. The van der Waals surface area contributed by atoms with E-state index >= 15 is 0 Å². The van der Waals surface area contributed by atoms with Gasteiger partial charge in [0, 0.05) is 7.11 Å². The molecule has 0 fully saturated rings. The number of esters is 1. The predicted molar refractivity (Wildman–Crippen MR) is 79.4 cm³/mol. The zero-order valence-corrected chi connectivity index (χ0v) is 12.8. The fourth-order valence-electron chi connectivity index (χ4n) is 2.00. The van der Waals surface area contributed by atoms with Crippen molar-refractivity contribution in [1.82, 2.24) is 5.32 Å². The summed E-state index contributed by atoms with van der Waals surface area (Å²) in [5.74, 6) is 0.221. The predicted octanol–water partition coefficient (Wildman–Crippen LogP) is 2.68. The zero-order valence-electron chi connectivity index (χ0n) is 12.8. The fraction of sp³-hybridized carbons (Fsp3) is 0.562. The van der Waals surface area contributed by atoms with Crippen molar-refractivity contribution in [3.8, 4) is 0 Å². The summed E-state index contributed by atoms with van der Waals surface area (Å²) >= 11 is 0. The molecule has 0 amide bonds. The largest absolute Gasteiger partial charge is 0.465 e. The van der Waals surface area contributed by atoms with Crippen molar-refractivity contribution in [3.05, 3.63) is 35.4 Å². The molecule has 0 aliphatic heterocycles. The Kier molecular flexibility index (Phi) is 7.26. The number of nitrogens with one attached hydrogen (secondary N) is 1. The highest BCUT2D eigenvalue weighted by Crippen LogP contribution is 2.20. The van der Waals surface area contributed by atoms with Crippen LogP contribution in [-0.4, -0.2) is 26.2 Å². The Morgan fingerprint density at radius 2 is 2.00 bits per heavy atom. The molecule has 1 aromatic rings. The van der Waals surface area contributed by atoms with Gasteiger partial charge in [-0.1, -0.05) is 38.1 Å². The van der Waals surface area contributed by atoms with E-state index in [9.17, 15) is 4.79 Å². The van der Waals surface area contributed by atoms with Crippen molar-refractivity contribution in [2.75, 3.05) is 20.3 Å². The average Bonchev–Trinajstić information content (AvgIpc) is 2.41. The van der Waals surface area contributed by atoms with E-state index in [0.717, 1.165) is 17.7 Å². The van der Waals surface area contributed by atoms with E-state index in [2.05, 4.69) is 19.2 Å². The number of carbonyl (C=O) groups is 1. The Bertz CT molecular complexity index is 418. The summed E-state index contributed by atoms with van der Waals surface area (Å²) in [6, 6.07) is 7.36. The van der Waals surface area contributed by atoms with E-state index in [4.69, 9.17) is 9.47 Å². The minimum Gasteiger partial charge on any atom is -0.465 e. The molecule has 0 saturated heterocycles. The Morgan fingerprint density at radius 3 is 2.60 bits per heavy atom. The number of hydrogen-bond acceptors (Lipinski definition) is 4. The van der Waals surface area contributed by atoms with Crippen LogP contribution in [0.5, 0.6) is 0 Å². The van der Waals surface area contributed by atoms with E-state index in [0.29, 0.717) is 19.1 Å². The average molecular weight is 279 g/mol. The minimum absolute atomic E-state index is 0.239. The molecular weight excluding hydrogens is 254 g/mol. The molecule has 1 unspecified atom stereocenters. The monoisotopic (exact) mass is 279 g/mol. The van der Waals surface area contributed by atoms with Crippen LogP contribution in [0.2, 0.25) is 0 Å². The third kappa shape index (κ3) is 4.94.